The Kier molecular flexibility index (Phi) is 4.00. The summed E-state index contributed by atoms with van der Waals surface area (Å²) in [7, 11) is 2.03. The number of rotatable bonds is 3. The molecule has 1 aliphatic heterocycles. The molecule has 1 fully saturated rings. The summed E-state index contributed by atoms with van der Waals surface area (Å²) < 4.78 is 13.1. The molecular weight excluding hydrogens is 215 g/mol. The monoisotopic (exact) mass is 236 g/mol. The molecule has 2 rings (SSSR count). The Hall–Kier alpha value is -1.09. The van der Waals surface area contributed by atoms with E-state index in [1.54, 1.807) is 12.1 Å². The highest BCUT2D eigenvalue weighted by Crippen LogP contribution is 2.19. The van der Waals surface area contributed by atoms with Crippen LogP contribution in [0.1, 0.15) is 19.8 Å². The number of benzene rings is 1. The number of hydrogen-bond donors (Lipinski definition) is 1. The van der Waals surface area contributed by atoms with Gasteiger partial charge in [0.25, 0.3) is 0 Å². The molecule has 0 amide bonds. The molecule has 3 heteroatoms. The molecule has 1 saturated heterocycles. The first-order valence-electron chi connectivity index (χ1n) is 6.37. The van der Waals surface area contributed by atoms with Gasteiger partial charge >= 0.3 is 0 Å². The first-order valence-corrected chi connectivity index (χ1v) is 6.37. The molecule has 0 spiro atoms. The van der Waals surface area contributed by atoms with E-state index in [0.717, 1.165) is 18.8 Å². The van der Waals surface area contributed by atoms with Gasteiger partial charge in [-0.15, -0.1) is 0 Å². The van der Waals surface area contributed by atoms with Crippen molar-refractivity contribution in [1.82, 2.24) is 5.32 Å². The molecule has 1 aromatic carbocycles. The van der Waals surface area contributed by atoms with Crippen molar-refractivity contribution in [3.8, 4) is 0 Å². The van der Waals surface area contributed by atoms with E-state index in [1.165, 1.54) is 18.9 Å². The predicted molar refractivity (Wildman–Crippen MR) is 69.9 cm³/mol. The Bertz CT molecular complexity index is 367. The molecule has 0 aliphatic carbocycles. The van der Waals surface area contributed by atoms with Crippen LogP contribution in [0, 0.1) is 11.7 Å². The molecule has 0 radical (unpaired) electrons. The van der Waals surface area contributed by atoms with Crippen LogP contribution in [0.3, 0.4) is 0 Å². The van der Waals surface area contributed by atoms with Crippen LogP contribution in [0.25, 0.3) is 0 Å². The maximum Gasteiger partial charge on any atom is 0.125 e. The lowest BCUT2D eigenvalue weighted by Gasteiger charge is -2.34. The van der Waals surface area contributed by atoms with Gasteiger partial charge in [0.2, 0.25) is 0 Å². The van der Waals surface area contributed by atoms with E-state index in [9.17, 15) is 4.39 Å². The van der Waals surface area contributed by atoms with E-state index in [-0.39, 0.29) is 5.82 Å². The number of hydrogen-bond acceptors (Lipinski definition) is 2. The van der Waals surface area contributed by atoms with Crippen molar-refractivity contribution in [2.75, 3.05) is 25.0 Å². The largest absolute Gasteiger partial charge is 0.373 e. The Labute approximate surface area is 103 Å². The van der Waals surface area contributed by atoms with Crippen molar-refractivity contribution in [2.45, 2.75) is 25.8 Å². The van der Waals surface area contributed by atoms with Gasteiger partial charge in [0.15, 0.2) is 0 Å². The summed E-state index contributed by atoms with van der Waals surface area (Å²) in [4.78, 5) is 2.13. The van der Waals surface area contributed by atoms with E-state index in [0.29, 0.717) is 12.0 Å². The lowest BCUT2D eigenvalue weighted by atomic mass is 9.92. The molecule has 17 heavy (non-hydrogen) atoms. The fourth-order valence-corrected chi connectivity index (χ4v) is 2.47. The Morgan fingerprint density at radius 2 is 2.29 bits per heavy atom. The van der Waals surface area contributed by atoms with Crippen molar-refractivity contribution < 1.29 is 4.39 Å². The van der Waals surface area contributed by atoms with Crippen molar-refractivity contribution in [3.05, 3.63) is 30.1 Å². The standard InChI is InChI=1S/C14H21FN2/c1-11-5-4-8-16-14(11)10-17(2)13-7-3-6-12(15)9-13/h3,6-7,9,11,14,16H,4-5,8,10H2,1-2H3. The van der Waals surface area contributed by atoms with Gasteiger partial charge in [-0.2, -0.15) is 0 Å². The maximum atomic E-state index is 13.1. The van der Waals surface area contributed by atoms with Crippen LogP contribution in [0.2, 0.25) is 0 Å². The summed E-state index contributed by atoms with van der Waals surface area (Å²) in [6.07, 6.45) is 2.55. The lowest BCUT2D eigenvalue weighted by Crippen LogP contribution is -2.47. The highest BCUT2D eigenvalue weighted by atomic mass is 19.1. The minimum Gasteiger partial charge on any atom is -0.373 e. The molecule has 1 aliphatic rings. The van der Waals surface area contributed by atoms with Crippen LogP contribution >= 0.6 is 0 Å². The van der Waals surface area contributed by atoms with E-state index in [1.807, 2.05) is 13.1 Å². The van der Waals surface area contributed by atoms with Crippen LogP contribution in [-0.4, -0.2) is 26.2 Å². The second-order valence-electron chi connectivity index (χ2n) is 5.04. The summed E-state index contributed by atoms with van der Waals surface area (Å²) in [6.45, 7) is 4.33. The molecule has 0 aromatic heterocycles. The Morgan fingerprint density at radius 3 is 3.00 bits per heavy atom. The van der Waals surface area contributed by atoms with Gasteiger partial charge in [-0.05, 0) is 43.5 Å². The first kappa shape index (κ1) is 12.4. The Morgan fingerprint density at radius 1 is 1.47 bits per heavy atom. The van der Waals surface area contributed by atoms with Gasteiger partial charge in [0.05, 0.1) is 0 Å². The zero-order valence-electron chi connectivity index (χ0n) is 10.6. The molecular formula is C14H21FN2. The van der Waals surface area contributed by atoms with Gasteiger partial charge in [-0.1, -0.05) is 13.0 Å². The van der Waals surface area contributed by atoms with Crippen LogP contribution < -0.4 is 10.2 Å². The van der Waals surface area contributed by atoms with Gasteiger partial charge in [-0.25, -0.2) is 4.39 Å². The van der Waals surface area contributed by atoms with Crippen molar-refractivity contribution in [2.24, 2.45) is 5.92 Å². The molecule has 0 saturated carbocycles. The topological polar surface area (TPSA) is 15.3 Å². The average Bonchev–Trinajstić information content (AvgIpc) is 2.32. The minimum atomic E-state index is -0.168. The SMILES string of the molecule is CC1CCCNC1CN(C)c1cccc(F)c1. The van der Waals surface area contributed by atoms with Crippen LogP contribution in [0.4, 0.5) is 10.1 Å². The quantitative estimate of drug-likeness (QED) is 0.868. The molecule has 2 unspecified atom stereocenters. The van der Waals surface area contributed by atoms with Crippen LogP contribution in [-0.2, 0) is 0 Å². The molecule has 1 heterocycles. The van der Waals surface area contributed by atoms with E-state index in [2.05, 4.69) is 17.1 Å². The Balaban J connectivity index is 1.98. The second-order valence-corrected chi connectivity index (χ2v) is 5.04. The summed E-state index contributed by atoms with van der Waals surface area (Å²) in [5.74, 6) is 0.527. The number of anilines is 1. The van der Waals surface area contributed by atoms with Crippen molar-refractivity contribution >= 4 is 5.69 Å². The summed E-state index contributed by atoms with van der Waals surface area (Å²) in [5, 5.41) is 3.55. The zero-order chi connectivity index (χ0) is 12.3. The molecule has 1 aromatic rings. The third-order valence-corrected chi connectivity index (χ3v) is 3.65. The molecule has 0 bridgehead atoms. The molecule has 1 N–H and O–H groups in total. The van der Waals surface area contributed by atoms with Crippen LogP contribution in [0.15, 0.2) is 24.3 Å². The number of nitrogens with one attached hydrogen (secondary N) is 1. The molecule has 2 nitrogen and oxygen atoms in total. The molecule has 94 valence electrons. The van der Waals surface area contributed by atoms with E-state index < -0.39 is 0 Å². The minimum absolute atomic E-state index is 0.168. The average molecular weight is 236 g/mol. The maximum absolute atomic E-state index is 13.1. The predicted octanol–water partition coefficient (Wildman–Crippen LogP) is 2.65. The normalized spacial score (nSPS) is 24.6. The van der Waals surface area contributed by atoms with Gasteiger partial charge < -0.3 is 10.2 Å². The number of nitrogens with zero attached hydrogens (tertiary/aromatic N) is 1. The second kappa shape index (κ2) is 5.50. The lowest BCUT2D eigenvalue weighted by molar-refractivity contribution is 0.303. The van der Waals surface area contributed by atoms with E-state index >= 15 is 0 Å². The van der Waals surface area contributed by atoms with Gasteiger partial charge in [0, 0.05) is 25.3 Å². The summed E-state index contributed by atoms with van der Waals surface area (Å²) >= 11 is 0. The highest BCUT2D eigenvalue weighted by Gasteiger charge is 2.22. The third kappa shape index (κ3) is 3.19. The van der Waals surface area contributed by atoms with E-state index in [4.69, 9.17) is 0 Å². The van der Waals surface area contributed by atoms with Crippen LogP contribution in [0.5, 0.6) is 0 Å². The summed E-state index contributed by atoms with van der Waals surface area (Å²) in [6, 6.07) is 7.30. The number of likely N-dealkylation sites (N-methyl/N-ethyl adjacent to an activating group) is 1. The van der Waals surface area contributed by atoms with Gasteiger partial charge in [-0.3, -0.25) is 0 Å². The third-order valence-electron chi connectivity index (χ3n) is 3.65. The first-order chi connectivity index (χ1) is 8.16. The van der Waals surface area contributed by atoms with Crippen molar-refractivity contribution in [3.63, 3.8) is 0 Å². The fourth-order valence-electron chi connectivity index (χ4n) is 2.47. The zero-order valence-corrected chi connectivity index (χ0v) is 10.6. The van der Waals surface area contributed by atoms with Crippen molar-refractivity contribution in [1.29, 1.82) is 0 Å². The smallest absolute Gasteiger partial charge is 0.125 e. The number of piperidine rings is 1. The summed E-state index contributed by atoms with van der Waals surface area (Å²) in [5.41, 5.74) is 0.949. The van der Waals surface area contributed by atoms with Gasteiger partial charge in [0.1, 0.15) is 5.82 Å². The highest BCUT2D eigenvalue weighted by molar-refractivity contribution is 5.45. The molecule has 2 atom stereocenters. The number of halogens is 1. The fraction of sp³-hybridized carbons (Fsp3) is 0.571.